The van der Waals surface area contributed by atoms with Crippen LogP contribution in [0.4, 0.5) is 0 Å². The van der Waals surface area contributed by atoms with Gasteiger partial charge in [-0.25, -0.2) is 0 Å². The van der Waals surface area contributed by atoms with Crippen molar-refractivity contribution >= 4 is 33.2 Å². The summed E-state index contributed by atoms with van der Waals surface area (Å²) in [6.07, 6.45) is 0.231. The molecule has 1 saturated heterocycles. The molecule has 0 bridgehead atoms. The van der Waals surface area contributed by atoms with Crippen molar-refractivity contribution in [1.29, 1.82) is 0 Å². The van der Waals surface area contributed by atoms with Gasteiger partial charge in [0.05, 0.1) is 24.9 Å². The number of hydrogen-bond donors (Lipinski definition) is 2. The van der Waals surface area contributed by atoms with Gasteiger partial charge < -0.3 is 14.9 Å². The van der Waals surface area contributed by atoms with Gasteiger partial charge in [-0.1, -0.05) is 24.3 Å². The molecule has 1 fully saturated rings. The predicted molar refractivity (Wildman–Crippen MR) is 108 cm³/mol. The number of rotatable bonds is 5. The van der Waals surface area contributed by atoms with Crippen molar-refractivity contribution in [2.24, 2.45) is 0 Å². The number of ether oxygens (including phenoxy) is 1. The summed E-state index contributed by atoms with van der Waals surface area (Å²) in [7, 11) is 0. The highest BCUT2D eigenvalue weighted by molar-refractivity contribution is 7.98. The van der Waals surface area contributed by atoms with Crippen LogP contribution in [0.25, 0.3) is 10.1 Å². The molecule has 2 aromatic carbocycles. The number of aliphatic hydroxyl groups is 2. The Bertz CT molecular complexity index is 862. The van der Waals surface area contributed by atoms with Crippen LogP contribution in [0.15, 0.2) is 58.8 Å². The Labute approximate surface area is 161 Å². The lowest BCUT2D eigenvalue weighted by Crippen LogP contribution is -2.33. The summed E-state index contributed by atoms with van der Waals surface area (Å²) >= 11 is 3.61. The lowest BCUT2D eigenvalue weighted by Gasteiger charge is -2.32. The molecule has 3 unspecified atom stereocenters. The molecule has 0 radical (unpaired) electrons. The predicted octanol–water partition coefficient (Wildman–Crippen LogP) is 4.77. The molecule has 1 aromatic heterocycles. The van der Waals surface area contributed by atoms with Crippen LogP contribution in [-0.4, -0.2) is 29.0 Å². The normalized spacial score (nSPS) is 23.4. The molecule has 3 aromatic rings. The number of thioether (sulfide) groups is 1. The monoisotopic (exact) mass is 386 g/mol. The zero-order valence-electron chi connectivity index (χ0n) is 14.4. The van der Waals surface area contributed by atoms with E-state index in [0.29, 0.717) is 12.8 Å². The highest BCUT2D eigenvalue weighted by Crippen LogP contribution is 2.36. The highest BCUT2D eigenvalue weighted by Gasteiger charge is 2.29. The molecule has 136 valence electrons. The first-order valence-corrected chi connectivity index (χ1v) is 10.7. The van der Waals surface area contributed by atoms with E-state index < -0.39 is 6.10 Å². The van der Waals surface area contributed by atoms with Crippen LogP contribution in [0.1, 0.15) is 30.1 Å². The Morgan fingerprint density at radius 2 is 1.96 bits per heavy atom. The molecule has 0 amide bonds. The van der Waals surface area contributed by atoms with Crippen molar-refractivity contribution in [1.82, 2.24) is 0 Å². The van der Waals surface area contributed by atoms with E-state index in [1.165, 1.54) is 20.5 Å². The number of fused-ring (bicyclic) bond motifs is 1. The summed E-state index contributed by atoms with van der Waals surface area (Å²) in [5.74, 6) is 0.931. The first-order valence-electron chi connectivity index (χ1n) is 8.85. The summed E-state index contributed by atoms with van der Waals surface area (Å²) in [5, 5.41) is 23.0. The van der Waals surface area contributed by atoms with E-state index in [2.05, 4.69) is 47.8 Å². The lowest BCUT2D eigenvalue weighted by molar-refractivity contribution is -0.113. The van der Waals surface area contributed by atoms with E-state index in [1.54, 1.807) is 11.3 Å². The summed E-state index contributed by atoms with van der Waals surface area (Å²) in [5.41, 5.74) is 2.41. The molecule has 0 saturated carbocycles. The van der Waals surface area contributed by atoms with Crippen LogP contribution >= 0.6 is 23.1 Å². The Morgan fingerprint density at radius 1 is 1.12 bits per heavy atom. The molecule has 1 aliphatic heterocycles. The van der Waals surface area contributed by atoms with Gasteiger partial charge in [0.25, 0.3) is 0 Å². The van der Waals surface area contributed by atoms with Gasteiger partial charge in [-0.15, -0.1) is 23.1 Å². The maximum atomic E-state index is 10.1. The second-order valence-electron chi connectivity index (χ2n) is 6.67. The maximum absolute atomic E-state index is 10.1. The van der Waals surface area contributed by atoms with Crippen LogP contribution in [0.5, 0.6) is 0 Å². The van der Waals surface area contributed by atoms with Crippen molar-refractivity contribution in [2.45, 2.75) is 41.8 Å². The molecule has 0 aliphatic carbocycles. The number of hydrogen-bond acceptors (Lipinski definition) is 5. The molecule has 5 heteroatoms. The van der Waals surface area contributed by atoms with Crippen molar-refractivity contribution in [3.63, 3.8) is 0 Å². The Balaban J connectivity index is 1.56. The van der Waals surface area contributed by atoms with Crippen LogP contribution in [0.2, 0.25) is 0 Å². The smallest absolute Gasteiger partial charge is 0.0854 e. The Morgan fingerprint density at radius 3 is 2.77 bits per heavy atom. The van der Waals surface area contributed by atoms with E-state index in [9.17, 15) is 10.2 Å². The molecule has 2 N–H and O–H groups in total. The van der Waals surface area contributed by atoms with Crippen molar-refractivity contribution in [3.8, 4) is 0 Å². The minimum absolute atomic E-state index is 0.0484. The van der Waals surface area contributed by atoms with Crippen molar-refractivity contribution in [3.05, 3.63) is 65.0 Å². The van der Waals surface area contributed by atoms with Crippen LogP contribution < -0.4 is 0 Å². The molecule has 2 heterocycles. The quantitative estimate of drug-likeness (QED) is 0.620. The SMILES string of the molecule is OCC1CC(O)CC(c2ccc3scc(CSc4ccccc4)c3c2)O1. The Hall–Kier alpha value is -1.37. The summed E-state index contributed by atoms with van der Waals surface area (Å²) in [6, 6.07) is 16.9. The summed E-state index contributed by atoms with van der Waals surface area (Å²) in [4.78, 5) is 1.27. The average Bonchev–Trinajstić information content (AvgIpc) is 3.09. The summed E-state index contributed by atoms with van der Waals surface area (Å²) < 4.78 is 7.25. The highest BCUT2D eigenvalue weighted by atomic mass is 32.2. The molecule has 26 heavy (non-hydrogen) atoms. The zero-order valence-corrected chi connectivity index (χ0v) is 16.0. The van der Waals surface area contributed by atoms with E-state index >= 15 is 0 Å². The first kappa shape index (κ1) is 18.0. The van der Waals surface area contributed by atoms with Gasteiger partial charge in [0.15, 0.2) is 0 Å². The number of thiophene rings is 1. The second-order valence-corrected chi connectivity index (χ2v) is 8.63. The second kappa shape index (κ2) is 8.11. The standard InChI is InChI=1S/C21H22O3S2/c22-11-17-9-16(23)10-20(24-17)14-6-7-21-19(8-14)15(13-26-21)12-25-18-4-2-1-3-5-18/h1-8,13,16-17,20,22-23H,9-12H2. The molecule has 1 aliphatic rings. The molecular formula is C21H22O3S2. The van der Waals surface area contributed by atoms with Gasteiger partial charge in [0, 0.05) is 28.2 Å². The van der Waals surface area contributed by atoms with Gasteiger partial charge in [-0.05, 0) is 46.2 Å². The van der Waals surface area contributed by atoms with E-state index in [-0.39, 0.29) is 18.8 Å². The maximum Gasteiger partial charge on any atom is 0.0854 e. The minimum atomic E-state index is -0.419. The molecule has 3 atom stereocenters. The van der Waals surface area contributed by atoms with Gasteiger partial charge in [-0.3, -0.25) is 0 Å². The van der Waals surface area contributed by atoms with Gasteiger partial charge in [-0.2, -0.15) is 0 Å². The van der Waals surface area contributed by atoms with E-state index in [4.69, 9.17) is 4.74 Å². The number of aliphatic hydroxyl groups excluding tert-OH is 2. The van der Waals surface area contributed by atoms with Gasteiger partial charge in [0.2, 0.25) is 0 Å². The first-order chi connectivity index (χ1) is 12.7. The Kier molecular flexibility index (Phi) is 5.62. The lowest BCUT2D eigenvalue weighted by atomic mass is 9.95. The third kappa shape index (κ3) is 3.97. The number of benzene rings is 2. The van der Waals surface area contributed by atoms with Crippen molar-refractivity contribution in [2.75, 3.05) is 6.61 Å². The largest absolute Gasteiger partial charge is 0.394 e. The van der Waals surface area contributed by atoms with Crippen LogP contribution in [0, 0.1) is 0 Å². The van der Waals surface area contributed by atoms with E-state index in [1.807, 2.05) is 17.8 Å². The van der Waals surface area contributed by atoms with E-state index in [0.717, 1.165) is 11.3 Å². The fourth-order valence-corrected chi connectivity index (χ4v) is 5.37. The minimum Gasteiger partial charge on any atom is -0.394 e. The molecular weight excluding hydrogens is 364 g/mol. The summed E-state index contributed by atoms with van der Waals surface area (Å²) in [6.45, 7) is -0.0484. The van der Waals surface area contributed by atoms with Gasteiger partial charge in [0.1, 0.15) is 0 Å². The third-order valence-corrected chi connectivity index (χ3v) is 6.84. The van der Waals surface area contributed by atoms with Crippen LogP contribution in [0.3, 0.4) is 0 Å². The van der Waals surface area contributed by atoms with Crippen molar-refractivity contribution < 1.29 is 14.9 Å². The average molecular weight is 387 g/mol. The fraction of sp³-hybridized carbons (Fsp3) is 0.333. The molecule has 0 spiro atoms. The van der Waals surface area contributed by atoms with Crippen LogP contribution in [-0.2, 0) is 10.5 Å². The third-order valence-electron chi connectivity index (χ3n) is 4.77. The van der Waals surface area contributed by atoms with Gasteiger partial charge >= 0.3 is 0 Å². The fourth-order valence-electron chi connectivity index (χ4n) is 3.41. The zero-order chi connectivity index (χ0) is 17.9. The topological polar surface area (TPSA) is 49.7 Å². The molecule has 3 nitrogen and oxygen atoms in total. The molecule has 4 rings (SSSR count).